The molecule has 3 heteroatoms. The summed E-state index contributed by atoms with van der Waals surface area (Å²) in [6.45, 7) is 6.53. The van der Waals surface area contributed by atoms with Crippen LogP contribution in [-0.2, 0) is 0 Å². The van der Waals surface area contributed by atoms with Crippen LogP contribution < -0.4 is 0 Å². The highest BCUT2D eigenvalue weighted by atomic mass is 35.5. The number of nitrogens with zero attached hydrogens (tertiary/aromatic N) is 2. The van der Waals surface area contributed by atoms with Crippen molar-refractivity contribution >= 4 is 22.6 Å². The molecular weight excluding hydrogens is 280 g/mol. The summed E-state index contributed by atoms with van der Waals surface area (Å²) in [5, 5.41) is 0.728. The predicted octanol–water partition coefficient (Wildman–Crippen LogP) is 5.64. The Morgan fingerprint density at radius 2 is 1.86 bits per heavy atom. The molecule has 0 aliphatic rings. The van der Waals surface area contributed by atoms with Gasteiger partial charge in [-0.2, -0.15) is 0 Å². The van der Waals surface area contributed by atoms with Gasteiger partial charge >= 0.3 is 0 Å². The predicted molar refractivity (Wildman–Crippen MR) is 89.9 cm³/mol. The van der Waals surface area contributed by atoms with Gasteiger partial charge in [-0.05, 0) is 38.5 Å². The Labute approximate surface area is 130 Å². The summed E-state index contributed by atoms with van der Waals surface area (Å²) in [6.07, 6.45) is 1.06. The van der Waals surface area contributed by atoms with Gasteiger partial charge in [0, 0.05) is 16.6 Å². The molecule has 1 unspecified atom stereocenters. The van der Waals surface area contributed by atoms with Crippen molar-refractivity contribution in [3.05, 3.63) is 53.1 Å². The van der Waals surface area contributed by atoms with Crippen molar-refractivity contribution in [2.45, 2.75) is 33.2 Å². The van der Waals surface area contributed by atoms with E-state index in [0.717, 1.165) is 33.9 Å². The first-order chi connectivity index (χ1) is 10.1. The average Bonchev–Trinajstić information content (AvgIpc) is 2.85. The Kier molecular flexibility index (Phi) is 3.73. The number of aryl methyl sites for hydroxylation is 1. The molecule has 0 N–H and O–H groups in total. The smallest absolute Gasteiger partial charge is 0.141 e. The van der Waals surface area contributed by atoms with Gasteiger partial charge in [-0.1, -0.05) is 48.4 Å². The minimum atomic E-state index is 0.396. The summed E-state index contributed by atoms with van der Waals surface area (Å²) < 4.78 is 2.32. The van der Waals surface area contributed by atoms with Crippen molar-refractivity contribution in [1.82, 2.24) is 9.55 Å². The lowest BCUT2D eigenvalue weighted by Gasteiger charge is -2.16. The summed E-state index contributed by atoms with van der Waals surface area (Å²) in [7, 11) is 0. The van der Waals surface area contributed by atoms with Crippen LogP contribution >= 0.6 is 11.6 Å². The van der Waals surface area contributed by atoms with E-state index >= 15 is 0 Å². The Balaban J connectivity index is 2.27. The van der Waals surface area contributed by atoms with E-state index in [1.165, 1.54) is 5.56 Å². The molecule has 2 aromatic carbocycles. The number of halogens is 1. The minimum Gasteiger partial charge on any atom is -0.321 e. The quantitative estimate of drug-likeness (QED) is 0.612. The lowest BCUT2D eigenvalue weighted by Crippen LogP contribution is -2.05. The van der Waals surface area contributed by atoms with Crippen LogP contribution in [0, 0.1) is 6.92 Å². The largest absolute Gasteiger partial charge is 0.321 e. The average molecular weight is 299 g/mol. The SMILES string of the molecule is CCC(C)n1c(-c2ccc(C)cc2)nc2cc(Cl)ccc21. The van der Waals surface area contributed by atoms with Crippen molar-refractivity contribution in [3.8, 4) is 11.4 Å². The summed E-state index contributed by atoms with van der Waals surface area (Å²) in [5.74, 6) is 1.02. The molecule has 0 bridgehead atoms. The molecule has 0 aliphatic carbocycles. The zero-order valence-electron chi connectivity index (χ0n) is 12.6. The highest BCUT2D eigenvalue weighted by Crippen LogP contribution is 2.31. The lowest BCUT2D eigenvalue weighted by atomic mass is 10.1. The standard InChI is InChI=1S/C18H19ClN2/c1-4-13(3)21-17-10-9-15(19)11-16(17)20-18(21)14-7-5-12(2)6-8-14/h5-11,13H,4H2,1-3H3. The second kappa shape index (κ2) is 5.53. The third-order valence-corrected chi connectivity index (χ3v) is 4.23. The topological polar surface area (TPSA) is 17.8 Å². The molecule has 2 nitrogen and oxygen atoms in total. The van der Waals surface area contributed by atoms with Crippen LogP contribution in [0.1, 0.15) is 31.9 Å². The number of fused-ring (bicyclic) bond motifs is 1. The van der Waals surface area contributed by atoms with E-state index < -0.39 is 0 Å². The molecule has 0 saturated heterocycles. The molecule has 21 heavy (non-hydrogen) atoms. The van der Waals surface area contributed by atoms with Crippen molar-refractivity contribution in [2.24, 2.45) is 0 Å². The lowest BCUT2D eigenvalue weighted by molar-refractivity contribution is 0.550. The van der Waals surface area contributed by atoms with E-state index in [9.17, 15) is 0 Å². The fourth-order valence-corrected chi connectivity index (χ4v) is 2.77. The first-order valence-electron chi connectivity index (χ1n) is 7.34. The summed E-state index contributed by atoms with van der Waals surface area (Å²) >= 11 is 6.11. The Morgan fingerprint density at radius 3 is 2.52 bits per heavy atom. The molecule has 0 amide bonds. The Bertz CT molecular complexity index is 772. The molecule has 1 heterocycles. The monoisotopic (exact) mass is 298 g/mol. The molecule has 0 aliphatic heterocycles. The van der Waals surface area contributed by atoms with Gasteiger partial charge in [0.2, 0.25) is 0 Å². The number of rotatable bonds is 3. The van der Waals surface area contributed by atoms with E-state index in [-0.39, 0.29) is 0 Å². The number of imidazole rings is 1. The summed E-state index contributed by atoms with van der Waals surface area (Å²) in [4.78, 5) is 4.82. The van der Waals surface area contributed by atoms with Gasteiger partial charge in [0.05, 0.1) is 11.0 Å². The molecule has 1 aromatic heterocycles. The molecule has 0 fully saturated rings. The van der Waals surface area contributed by atoms with E-state index in [2.05, 4.69) is 55.7 Å². The second-order valence-electron chi connectivity index (χ2n) is 5.56. The molecular formula is C18H19ClN2. The van der Waals surface area contributed by atoms with Crippen molar-refractivity contribution in [1.29, 1.82) is 0 Å². The van der Waals surface area contributed by atoms with Crippen LogP contribution in [-0.4, -0.2) is 9.55 Å². The maximum atomic E-state index is 6.11. The van der Waals surface area contributed by atoms with Crippen LogP contribution in [0.25, 0.3) is 22.4 Å². The molecule has 0 spiro atoms. The summed E-state index contributed by atoms with van der Waals surface area (Å²) in [6, 6.07) is 14.9. The van der Waals surface area contributed by atoms with Crippen LogP contribution in [0.4, 0.5) is 0 Å². The third kappa shape index (κ3) is 2.56. The molecule has 0 radical (unpaired) electrons. The normalized spacial score (nSPS) is 12.8. The van der Waals surface area contributed by atoms with E-state index in [0.29, 0.717) is 6.04 Å². The third-order valence-electron chi connectivity index (χ3n) is 3.99. The number of benzene rings is 2. The minimum absolute atomic E-state index is 0.396. The molecule has 108 valence electrons. The first-order valence-corrected chi connectivity index (χ1v) is 7.72. The van der Waals surface area contributed by atoms with Crippen molar-refractivity contribution < 1.29 is 0 Å². The van der Waals surface area contributed by atoms with E-state index in [4.69, 9.17) is 16.6 Å². The van der Waals surface area contributed by atoms with Crippen LogP contribution in [0.5, 0.6) is 0 Å². The number of hydrogen-bond donors (Lipinski definition) is 0. The molecule has 0 saturated carbocycles. The van der Waals surface area contributed by atoms with Crippen LogP contribution in [0.3, 0.4) is 0 Å². The van der Waals surface area contributed by atoms with Gasteiger partial charge in [-0.3, -0.25) is 0 Å². The van der Waals surface area contributed by atoms with Gasteiger partial charge in [0.15, 0.2) is 0 Å². The van der Waals surface area contributed by atoms with Crippen molar-refractivity contribution in [3.63, 3.8) is 0 Å². The van der Waals surface area contributed by atoms with Crippen LogP contribution in [0.2, 0.25) is 5.02 Å². The first kappa shape index (κ1) is 14.2. The fraction of sp³-hybridized carbons (Fsp3) is 0.278. The number of aromatic nitrogens is 2. The Morgan fingerprint density at radius 1 is 1.14 bits per heavy atom. The van der Waals surface area contributed by atoms with Gasteiger partial charge in [0.25, 0.3) is 0 Å². The highest BCUT2D eigenvalue weighted by Gasteiger charge is 2.16. The maximum Gasteiger partial charge on any atom is 0.141 e. The highest BCUT2D eigenvalue weighted by molar-refractivity contribution is 6.31. The van der Waals surface area contributed by atoms with E-state index in [1.807, 2.05) is 12.1 Å². The van der Waals surface area contributed by atoms with Gasteiger partial charge in [-0.15, -0.1) is 0 Å². The fourth-order valence-electron chi connectivity index (χ4n) is 2.61. The number of hydrogen-bond acceptors (Lipinski definition) is 1. The maximum absolute atomic E-state index is 6.11. The van der Waals surface area contributed by atoms with Gasteiger partial charge in [-0.25, -0.2) is 4.98 Å². The molecule has 3 rings (SSSR count). The van der Waals surface area contributed by atoms with Gasteiger partial charge < -0.3 is 4.57 Å². The van der Waals surface area contributed by atoms with E-state index in [1.54, 1.807) is 0 Å². The zero-order chi connectivity index (χ0) is 15.0. The van der Waals surface area contributed by atoms with Gasteiger partial charge in [0.1, 0.15) is 5.82 Å². The van der Waals surface area contributed by atoms with Crippen LogP contribution in [0.15, 0.2) is 42.5 Å². The summed E-state index contributed by atoms with van der Waals surface area (Å²) in [5.41, 5.74) is 4.50. The molecule has 3 aromatic rings. The van der Waals surface area contributed by atoms with Crippen molar-refractivity contribution in [2.75, 3.05) is 0 Å². The Hall–Kier alpha value is -1.80. The zero-order valence-corrected chi connectivity index (χ0v) is 13.4. The second-order valence-corrected chi connectivity index (χ2v) is 6.00. The molecule has 1 atom stereocenters.